The molecule has 0 atom stereocenters. The Morgan fingerprint density at radius 3 is 2.80 bits per heavy atom. The summed E-state index contributed by atoms with van der Waals surface area (Å²) in [7, 11) is 0. The fourth-order valence-corrected chi connectivity index (χ4v) is 2.52. The van der Waals surface area contributed by atoms with Crippen LogP contribution in [0.25, 0.3) is 10.9 Å². The predicted octanol–water partition coefficient (Wildman–Crippen LogP) is 2.28. The van der Waals surface area contributed by atoms with Crippen LogP contribution in [0.1, 0.15) is 34.3 Å². The maximum Gasteiger partial charge on any atom is 0.256 e. The lowest BCUT2D eigenvalue weighted by molar-refractivity contribution is 0.0950. The van der Waals surface area contributed by atoms with E-state index in [1.54, 1.807) is 0 Å². The number of hydrogen-bond donors (Lipinski definition) is 2. The van der Waals surface area contributed by atoms with Crippen molar-refractivity contribution >= 4 is 16.8 Å². The molecule has 2 aromatic rings. The summed E-state index contributed by atoms with van der Waals surface area (Å²) < 4.78 is 0. The van der Waals surface area contributed by atoms with Gasteiger partial charge >= 0.3 is 0 Å². The number of aromatic nitrogens is 1. The van der Waals surface area contributed by atoms with E-state index in [1.165, 1.54) is 19.0 Å². The first kappa shape index (κ1) is 12.9. The molecule has 4 nitrogen and oxygen atoms in total. The molecule has 2 N–H and O–H groups in total. The van der Waals surface area contributed by atoms with Crippen molar-refractivity contribution in [3.63, 3.8) is 0 Å². The van der Waals surface area contributed by atoms with Crippen molar-refractivity contribution in [1.82, 2.24) is 10.3 Å². The van der Waals surface area contributed by atoms with Crippen LogP contribution in [0.4, 0.5) is 0 Å². The summed E-state index contributed by atoms with van der Waals surface area (Å²) >= 11 is 0. The van der Waals surface area contributed by atoms with Crippen LogP contribution < -0.4 is 10.7 Å². The lowest BCUT2D eigenvalue weighted by Crippen LogP contribution is -2.30. The Morgan fingerprint density at radius 2 is 2.10 bits per heavy atom. The molecular formula is C16H18N2O2. The molecule has 3 rings (SSSR count). The van der Waals surface area contributed by atoms with Crippen molar-refractivity contribution < 1.29 is 4.79 Å². The van der Waals surface area contributed by atoms with Gasteiger partial charge in [0.2, 0.25) is 5.43 Å². The Labute approximate surface area is 117 Å². The summed E-state index contributed by atoms with van der Waals surface area (Å²) in [4.78, 5) is 27.6. The van der Waals surface area contributed by atoms with Gasteiger partial charge in [0.25, 0.3) is 5.91 Å². The second-order valence-corrected chi connectivity index (χ2v) is 5.69. The molecule has 0 bridgehead atoms. The number of aryl methyl sites for hydroxylation is 2. The fraction of sp³-hybridized carbons (Fsp3) is 0.375. The Bertz CT molecular complexity index is 742. The van der Waals surface area contributed by atoms with Gasteiger partial charge in [0.1, 0.15) is 5.56 Å². The Balaban J connectivity index is 2.01. The van der Waals surface area contributed by atoms with Crippen molar-refractivity contribution in [1.29, 1.82) is 0 Å². The van der Waals surface area contributed by atoms with Crippen LogP contribution in [0.5, 0.6) is 0 Å². The summed E-state index contributed by atoms with van der Waals surface area (Å²) in [6, 6.07) is 3.85. The molecule has 1 fully saturated rings. The number of benzene rings is 1. The van der Waals surface area contributed by atoms with Crippen LogP contribution in [0.3, 0.4) is 0 Å². The third kappa shape index (κ3) is 2.33. The SMILES string of the molecule is Cc1cc(C)c2[nH]cc(C(=O)NCC3CC3)c(=O)c2c1. The summed E-state index contributed by atoms with van der Waals surface area (Å²) in [5.41, 5.74) is 2.85. The van der Waals surface area contributed by atoms with Crippen molar-refractivity contribution in [2.75, 3.05) is 6.54 Å². The van der Waals surface area contributed by atoms with Crippen molar-refractivity contribution in [2.24, 2.45) is 5.92 Å². The minimum absolute atomic E-state index is 0.196. The first-order valence-corrected chi connectivity index (χ1v) is 6.97. The number of carbonyl (C=O) groups is 1. The van der Waals surface area contributed by atoms with E-state index >= 15 is 0 Å². The maximum atomic E-state index is 12.5. The molecule has 4 heteroatoms. The highest BCUT2D eigenvalue weighted by atomic mass is 16.2. The maximum absolute atomic E-state index is 12.5. The van der Waals surface area contributed by atoms with E-state index in [0.717, 1.165) is 16.6 Å². The number of hydrogen-bond acceptors (Lipinski definition) is 2. The van der Waals surface area contributed by atoms with Crippen LogP contribution in [-0.2, 0) is 0 Å². The van der Waals surface area contributed by atoms with Crippen LogP contribution >= 0.6 is 0 Å². The molecule has 0 saturated heterocycles. The molecule has 104 valence electrons. The molecule has 1 amide bonds. The first-order valence-electron chi connectivity index (χ1n) is 6.97. The normalized spacial score (nSPS) is 14.5. The molecule has 1 saturated carbocycles. The van der Waals surface area contributed by atoms with Gasteiger partial charge in [-0.25, -0.2) is 0 Å². The van der Waals surface area contributed by atoms with Gasteiger partial charge in [-0.05, 0) is 49.8 Å². The molecule has 1 heterocycles. The lowest BCUT2D eigenvalue weighted by Gasteiger charge is -2.07. The molecule has 0 unspecified atom stereocenters. The molecule has 20 heavy (non-hydrogen) atoms. The van der Waals surface area contributed by atoms with Gasteiger partial charge in [0.15, 0.2) is 0 Å². The topological polar surface area (TPSA) is 62.0 Å². The summed E-state index contributed by atoms with van der Waals surface area (Å²) in [5.74, 6) is 0.321. The number of pyridine rings is 1. The molecule has 1 aromatic carbocycles. The third-order valence-corrected chi connectivity index (χ3v) is 3.82. The second kappa shape index (κ2) is 4.78. The number of H-pyrrole nitrogens is 1. The van der Waals surface area contributed by atoms with E-state index in [9.17, 15) is 9.59 Å². The number of amides is 1. The largest absolute Gasteiger partial charge is 0.360 e. The predicted molar refractivity (Wildman–Crippen MR) is 79.1 cm³/mol. The molecular weight excluding hydrogens is 252 g/mol. The number of carbonyl (C=O) groups excluding carboxylic acids is 1. The van der Waals surface area contributed by atoms with Crippen molar-refractivity contribution in [3.8, 4) is 0 Å². The molecule has 1 aliphatic rings. The fourth-order valence-electron chi connectivity index (χ4n) is 2.52. The van der Waals surface area contributed by atoms with Gasteiger partial charge < -0.3 is 10.3 Å². The summed E-state index contributed by atoms with van der Waals surface area (Å²) in [5, 5.41) is 3.42. The minimum Gasteiger partial charge on any atom is -0.360 e. The van der Waals surface area contributed by atoms with E-state index in [4.69, 9.17) is 0 Å². The van der Waals surface area contributed by atoms with E-state index in [0.29, 0.717) is 17.8 Å². The van der Waals surface area contributed by atoms with Gasteiger partial charge in [0.05, 0.1) is 5.52 Å². The van der Waals surface area contributed by atoms with Gasteiger partial charge in [-0.3, -0.25) is 9.59 Å². The number of aromatic amines is 1. The molecule has 1 aromatic heterocycles. The number of rotatable bonds is 3. The van der Waals surface area contributed by atoms with E-state index in [2.05, 4.69) is 10.3 Å². The first-order chi connectivity index (χ1) is 9.56. The highest BCUT2D eigenvalue weighted by Crippen LogP contribution is 2.27. The van der Waals surface area contributed by atoms with E-state index in [-0.39, 0.29) is 16.9 Å². The van der Waals surface area contributed by atoms with Crippen LogP contribution in [0.15, 0.2) is 23.1 Å². The van der Waals surface area contributed by atoms with Gasteiger partial charge in [-0.15, -0.1) is 0 Å². The highest BCUT2D eigenvalue weighted by molar-refractivity contribution is 5.97. The Morgan fingerprint density at radius 1 is 1.35 bits per heavy atom. The van der Waals surface area contributed by atoms with Gasteiger partial charge in [-0.1, -0.05) is 6.07 Å². The smallest absolute Gasteiger partial charge is 0.256 e. The standard InChI is InChI=1S/C16H18N2O2/c1-9-5-10(2)14-12(6-9)15(19)13(8-17-14)16(20)18-7-11-3-4-11/h5-6,8,11H,3-4,7H2,1-2H3,(H,17,19)(H,18,20). The molecule has 0 aliphatic heterocycles. The van der Waals surface area contributed by atoms with Crippen molar-refractivity contribution in [3.05, 3.63) is 45.2 Å². The zero-order valence-corrected chi connectivity index (χ0v) is 11.7. The summed E-state index contributed by atoms with van der Waals surface area (Å²) in [6.07, 6.45) is 3.87. The third-order valence-electron chi connectivity index (χ3n) is 3.82. The van der Waals surface area contributed by atoms with Crippen molar-refractivity contribution in [2.45, 2.75) is 26.7 Å². The average molecular weight is 270 g/mol. The Hall–Kier alpha value is -2.10. The van der Waals surface area contributed by atoms with Gasteiger partial charge in [-0.2, -0.15) is 0 Å². The number of fused-ring (bicyclic) bond motifs is 1. The average Bonchev–Trinajstić information content (AvgIpc) is 3.21. The summed E-state index contributed by atoms with van der Waals surface area (Å²) in [6.45, 7) is 4.58. The second-order valence-electron chi connectivity index (χ2n) is 5.69. The zero-order chi connectivity index (χ0) is 14.3. The minimum atomic E-state index is -0.279. The van der Waals surface area contributed by atoms with E-state index < -0.39 is 0 Å². The highest BCUT2D eigenvalue weighted by Gasteiger charge is 2.22. The van der Waals surface area contributed by atoms with Gasteiger partial charge in [0, 0.05) is 18.1 Å². The monoisotopic (exact) mass is 270 g/mol. The van der Waals surface area contributed by atoms with Crippen LogP contribution in [0.2, 0.25) is 0 Å². The quantitative estimate of drug-likeness (QED) is 0.898. The van der Waals surface area contributed by atoms with Crippen LogP contribution in [0, 0.1) is 19.8 Å². The molecule has 0 radical (unpaired) electrons. The number of nitrogens with one attached hydrogen (secondary N) is 2. The van der Waals surface area contributed by atoms with Crippen LogP contribution in [-0.4, -0.2) is 17.4 Å². The lowest BCUT2D eigenvalue weighted by atomic mass is 10.0. The van der Waals surface area contributed by atoms with E-state index in [1.807, 2.05) is 26.0 Å². The zero-order valence-electron chi connectivity index (χ0n) is 11.7. The molecule has 1 aliphatic carbocycles. The Kier molecular flexibility index (Phi) is 3.08. The molecule has 0 spiro atoms.